The zero-order valence-electron chi connectivity index (χ0n) is 19.1. The lowest BCUT2D eigenvalue weighted by Gasteiger charge is -2.16. The molecule has 166 valence electrons. The van der Waals surface area contributed by atoms with E-state index in [1.807, 2.05) is 29.3 Å². The van der Waals surface area contributed by atoms with Crippen molar-refractivity contribution in [3.8, 4) is 11.1 Å². The fraction of sp³-hybridized carbons (Fsp3) is 0.222. The monoisotopic (exact) mass is 436 g/mol. The van der Waals surface area contributed by atoms with Gasteiger partial charge in [-0.1, -0.05) is 60.7 Å². The number of hydrogen-bond donors (Lipinski definition) is 1. The van der Waals surface area contributed by atoms with Gasteiger partial charge in [0.2, 0.25) is 0 Å². The molecule has 1 N–H and O–H groups in total. The summed E-state index contributed by atoms with van der Waals surface area (Å²) in [4.78, 5) is 9.18. The summed E-state index contributed by atoms with van der Waals surface area (Å²) in [6.07, 6.45) is 7.46. The summed E-state index contributed by atoms with van der Waals surface area (Å²) in [5.74, 6) is 1.03. The minimum Gasteiger partial charge on any atom is -0.370 e. The summed E-state index contributed by atoms with van der Waals surface area (Å²) in [6, 6.07) is 20.9. The molecular weight excluding hydrogens is 408 g/mol. The number of aromatic nitrogens is 5. The lowest BCUT2D eigenvalue weighted by molar-refractivity contribution is 0.658. The largest absolute Gasteiger partial charge is 0.370 e. The highest BCUT2D eigenvalue weighted by atomic mass is 15.3. The Balaban J connectivity index is 1.55. The molecule has 5 aromatic rings. The molecule has 0 bridgehead atoms. The summed E-state index contributed by atoms with van der Waals surface area (Å²) >= 11 is 0. The first-order valence-corrected chi connectivity index (χ1v) is 11.4. The van der Waals surface area contributed by atoms with Gasteiger partial charge in [0.1, 0.15) is 5.82 Å². The molecule has 5 rings (SSSR count). The van der Waals surface area contributed by atoms with Crippen molar-refractivity contribution >= 4 is 11.5 Å². The van der Waals surface area contributed by atoms with Gasteiger partial charge in [0.05, 0.1) is 12.0 Å². The van der Waals surface area contributed by atoms with Crippen LogP contribution in [0.4, 0.5) is 5.82 Å². The number of benzene rings is 2. The van der Waals surface area contributed by atoms with Crippen LogP contribution in [0.25, 0.3) is 16.8 Å². The van der Waals surface area contributed by atoms with Crippen LogP contribution in [0.3, 0.4) is 0 Å². The fourth-order valence-electron chi connectivity index (χ4n) is 4.32. The molecule has 0 aliphatic heterocycles. The summed E-state index contributed by atoms with van der Waals surface area (Å²) in [5, 5.41) is 8.64. The first kappa shape index (κ1) is 20.9. The molecule has 2 aromatic carbocycles. The Morgan fingerprint density at radius 2 is 1.67 bits per heavy atom. The number of hydrogen-bond acceptors (Lipinski definition) is 4. The van der Waals surface area contributed by atoms with Crippen LogP contribution < -0.4 is 5.32 Å². The van der Waals surface area contributed by atoms with Crippen LogP contribution in [0, 0.1) is 13.8 Å². The number of rotatable bonds is 8. The maximum absolute atomic E-state index is 5.05. The molecule has 6 nitrogen and oxygen atoms in total. The highest BCUT2D eigenvalue weighted by Gasteiger charge is 2.20. The van der Waals surface area contributed by atoms with Crippen LogP contribution in [-0.2, 0) is 13.0 Å². The number of fused-ring (bicyclic) bond motifs is 1. The van der Waals surface area contributed by atoms with Crippen LogP contribution >= 0.6 is 0 Å². The van der Waals surface area contributed by atoms with Crippen LogP contribution in [0.2, 0.25) is 0 Å². The standard InChI is InChI=1S/C27H28N6/c1-20-24(18-22-10-5-3-6-11-22)26(29-14-9-16-32-17-15-28-19-32)33-27(30-20)25(21(2)31-33)23-12-7-4-8-13-23/h3-8,10-13,15,17,19,29H,9,14,16,18H2,1-2H3. The van der Waals surface area contributed by atoms with Gasteiger partial charge in [-0.05, 0) is 31.4 Å². The highest BCUT2D eigenvalue weighted by Crippen LogP contribution is 2.32. The molecule has 33 heavy (non-hydrogen) atoms. The van der Waals surface area contributed by atoms with E-state index in [0.29, 0.717) is 0 Å². The van der Waals surface area contributed by atoms with Crippen molar-refractivity contribution in [2.75, 3.05) is 11.9 Å². The molecule has 3 aromatic heterocycles. The van der Waals surface area contributed by atoms with Crippen molar-refractivity contribution in [1.29, 1.82) is 0 Å². The van der Waals surface area contributed by atoms with Crippen LogP contribution in [-0.4, -0.2) is 30.7 Å². The molecule has 0 unspecified atom stereocenters. The Bertz CT molecular complexity index is 1340. The van der Waals surface area contributed by atoms with Gasteiger partial charge in [0, 0.05) is 48.7 Å². The van der Waals surface area contributed by atoms with Gasteiger partial charge >= 0.3 is 0 Å². The van der Waals surface area contributed by atoms with E-state index >= 15 is 0 Å². The predicted octanol–water partition coefficient (Wildman–Crippen LogP) is 5.30. The summed E-state index contributed by atoms with van der Waals surface area (Å²) in [6.45, 7) is 5.91. The predicted molar refractivity (Wildman–Crippen MR) is 132 cm³/mol. The molecule has 0 atom stereocenters. The minimum absolute atomic E-state index is 0.805. The molecule has 0 amide bonds. The summed E-state index contributed by atoms with van der Waals surface area (Å²) in [7, 11) is 0. The Labute approximate surface area is 194 Å². The second-order valence-electron chi connectivity index (χ2n) is 8.33. The molecule has 0 aliphatic carbocycles. The molecule has 0 spiro atoms. The Morgan fingerprint density at radius 3 is 2.39 bits per heavy atom. The molecule has 6 heteroatoms. The summed E-state index contributed by atoms with van der Waals surface area (Å²) in [5.41, 5.74) is 7.57. The highest BCUT2D eigenvalue weighted by molar-refractivity contribution is 5.81. The topological polar surface area (TPSA) is 60.0 Å². The summed E-state index contributed by atoms with van der Waals surface area (Å²) < 4.78 is 4.10. The number of nitrogens with zero attached hydrogens (tertiary/aromatic N) is 5. The minimum atomic E-state index is 0.805. The smallest absolute Gasteiger partial charge is 0.165 e. The lowest BCUT2D eigenvalue weighted by atomic mass is 10.0. The second-order valence-corrected chi connectivity index (χ2v) is 8.33. The Hall–Kier alpha value is -3.93. The Morgan fingerprint density at radius 1 is 0.909 bits per heavy atom. The average molecular weight is 437 g/mol. The van der Waals surface area contributed by atoms with Gasteiger partial charge in [-0.3, -0.25) is 0 Å². The quantitative estimate of drug-likeness (QED) is 0.335. The number of aryl methyl sites for hydroxylation is 3. The Kier molecular flexibility index (Phi) is 5.89. The molecule has 0 radical (unpaired) electrons. The van der Waals surface area contributed by atoms with E-state index in [-0.39, 0.29) is 0 Å². The van der Waals surface area contributed by atoms with Gasteiger partial charge in [-0.15, -0.1) is 0 Å². The zero-order valence-corrected chi connectivity index (χ0v) is 19.1. The average Bonchev–Trinajstić information content (AvgIpc) is 3.47. The van der Waals surface area contributed by atoms with Crippen molar-refractivity contribution in [1.82, 2.24) is 24.1 Å². The SMILES string of the molecule is Cc1nc2c(-c3ccccc3)c(C)nn2c(NCCCn2ccnc2)c1Cc1ccccc1. The molecule has 0 aliphatic rings. The van der Waals surface area contributed by atoms with Gasteiger partial charge in [-0.2, -0.15) is 9.61 Å². The molecular formula is C27H28N6. The second kappa shape index (κ2) is 9.28. The first-order chi connectivity index (χ1) is 16.2. The first-order valence-electron chi connectivity index (χ1n) is 11.4. The van der Waals surface area contributed by atoms with Crippen molar-refractivity contribution in [2.45, 2.75) is 33.2 Å². The zero-order chi connectivity index (χ0) is 22.6. The van der Waals surface area contributed by atoms with E-state index in [1.165, 1.54) is 11.1 Å². The maximum Gasteiger partial charge on any atom is 0.165 e. The van der Waals surface area contributed by atoms with Gasteiger partial charge in [0.25, 0.3) is 0 Å². The number of imidazole rings is 1. The normalized spacial score (nSPS) is 11.2. The fourth-order valence-corrected chi connectivity index (χ4v) is 4.32. The van der Waals surface area contributed by atoms with Crippen molar-refractivity contribution in [2.24, 2.45) is 0 Å². The van der Waals surface area contributed by atoms with Crippen LogP contribution in [0.1, 0.15) is 28.9 Å². The maximum atomic E-state index is 5.05. The third-order valence-corrected chi connectivity index (χ3v) is 5.97. The third-order valence-electron chi connectivity index (χ3n) is 5.97. The van der Waals surface area contributed by atoms with E-state index in [2.05, 4.69) is 83.3 Å². The molecule has 0 saturated heterocycles. The van der Waals surface area contributed by atoms with E-state index < -0.39 is 0 Å². The van der Waals surface area contributed by atoms with Gasteiger partial charge in [0.15, 0.2) is 5.65 Å². The number of nitrogens with one attached hydrogen (secondary N) is 1. The third kappa shape index (κ3) is 4.37. The van der Waals surface area contributed by atoms with Crippen molar-refractivity contribution in [3.05, 3.63) is 102 Å². The molecule has 0 fully saturated rings. The molecule has 3 heterocycles. The van der Waals surface area contributed by atoms with E-state index in [9.17, 15) is 0 Å². The lowest BCUT2D eigenvalue weighted by Crippen LogP contribution is -2.14. The van der Waals surface area contributed by atoms with E-state index in [1.54, 1.807) is 0 Å². The number of anilines is 1. The van der Waals surface area contributed by atoms with Gasteiger partial charge in [-0.25, -0.2) is 9.97 Å². The van der Waals surface area contributed by atoms with Crippen molar-refractivity contribution in [3.63, 3.8) is 0 Å². The van der Waals surface area contributed by atoms with Crippen LogP contribution in [0.5, 0.6) is 0 Å². The van der Waals surface area contributed by atoms with Gasteiger partial charge < -0.3 is 9.88 Å². The van der Waals surface area contributed by atoms with E-state index in [4.69, 9.17) is 10.1 Å². The van der Waals surface area contributed by atoms with Crippen LogP contribution in [0.15, 0.2) is 79.4 Å². The van der Waals surface area contributed by atoms with Crippen molar-refractivity contribution < 1.29 is 0 Å². The van der Waals surface area contributed by atoms with E-state index in [0.717, 1.165) is 59.9 Å². The molecule has 0 saturated carbocycles.